The van der Waals surface area contributed by atoms with Crippen LogP contribution in [0.3, 0.4) is 0 Å². The Morgan fingerprint density at radius 2 is 1.96 bits per heavy atom. The van der Waals surface area contributed by atoms with E-state index < -0.39 is 0 Å². The third-order valence-corrected chi connectivity index (χ3v) is 4.00. The second-order valence-corrected chi connectivity index (χ2v) is 5.92. The molecule has 122 valence electrons. The fourth-order valence-electron chi connectivity index (χ4n) is 2.04. The third-order valence-electron chi connectivity index (χ3n) is 3.07. The van der Waals surface area contributed by atoms with Crippen LogP contribution < -0.4 is 15.4 Å². The molecule has 0 unspecified atom stereocenters. The number of carbonyl (C=O) groups is 2. The number of thiazole rings is 1. The molecule has 0 aliphatic heterocycles. The quantitative estimate of drug-likeness (QED) is 0.760. The van der Waals surface area contributed by atoms with Crippen molar-refractivity contribution in [3.05, 3.63) is 42.2 Å². The molecule has 7 nitrogen and oxygen atoms in total. The SMILES string of the molecule is CNC(=O)c1cc(Oc2ccc3nc(NC(C)=O)sc3c2)ccn1. The summed E-state index contributed by atoms with van der Waals surface area (Å²) in [6.07, 6.45) is 1.51. The van der Waals surface area contributed by atoms with Gasteiger partial charge in [0.1, 0.15) is 17.2 Å². The number of nitrogens with zero attached hydrogens (tertiary/aromatic N) is 2. The van der Waals surface area contributed by atoms with E-state index in [-0.39, 0.29) is 17.5 Å². The Kier molecular flexibility index (Phi) is 4.39. The third kappa shape index (κ3) is 3.49. The number of rotatable bonds is 4. The van der Waals surface area contributed by atoms with Crippen LogP contribution in [0.5, 0.6) is 11.5 Å². The molecule has 24 heavy (non-hydrogen) atoms. The second-order valence-electron chi connectivity index (χ2n) is 4.89. The number of aromatic nitrogens is 2. The van der Waals surface area contributed by atoms with Crippen LogP contribution in [0.2, 0.25) is 0 Å². The number of carbonyl (C=O) groups excluding carboxylic acids is 2. The number of amides is 2. The highest BCUT2D eigenvalue weighted by molar-refractivity contribution is 7.22. The first-order chi connectivity index (χ1) is 11.5. The Balaban J connectivity index is 1.85. The Labute approximate surface area is 141 Å². The largest absolute Gasteiger partial charge is 0.457 e. The van der Waals surface area contributed by atoms with Gasteiger partial charge in [0.15, 0.2) is 5.13 Å². The predicted molar refractivity (Wildman–Crippen MR) is 91.6 cm³/mol. The molecule has 2 aromatic heterocycles. The minimum Gasteiger partial charge on any atom is -0.457 e. The zero-order valence-electron chi connectivity index (χ0n) is 13.0. The van der Waals surface area contributed by atoms with Gasteiger partial charge in [0.2, 0.25) is 5.91 Å². The maximum absolute atomic E-state index is 11.6. The number of pyridine rings is 1. The molecule has 0 bridgehead atoms. The van der Waals surface area contributed by atoms with Gasteiger partial charge in [-0.2, -0.15) is 0 Å². The van der Waals surface area contributed by atoms with Crippen molar-refractivity contribution in [1.82, 2.24) is 15.3 Å². The van der Waals surface area contributed by atoms with E-state index in [9.17, 15) is 9.59 Å². The highest BCUT2D eigenvalue weighted by atomic mass is 32.1. The summed E-state index contributed by atoms with van der Waals surface area (Å²) in [5, 5.41) is 5.72. The highest BCUT2D eigenvalue weighted by Gasteiger charge is 2.09. The summed E-state index contributed by atoms with van der Waals surface area (Å²) in [5.41, 5.74) is 1.05. The van der Waals surface area contributed by atoms with E-state index in [0.29, 0.717) is 16.6 Å². The van der Waals surface area contributed by atoms with Crippen molar-refractivity contribution in [3.63, 3.8) is 0 Å². The number of fused-ring (bicyclic) bond motifs is 1. The highest BCUT2D eigenvalue weighted by Crippen LogP contribution is 2.31. The summed E-state index contributed by atoms with van der Waals surface area (Å²) < 4.78 is 6.67. The van der Waals surface area contributed by atoms with Gasteiger partial charge in [0.25, 0.3) is 5.91 Å². The molecule has 2 amide bonds. The Bertz CT molecular complexity index is 923. The van der Waals surface area contributed by atoms with E-state index in [1.165, 1.54) is 24.5 Å². The lowest BCUT2D eigenvalue weighted by atomic mass is 10.3. The molecule has 1 aromatic carbocycles. The fraction of sp³-hybridized carbons (Fsp3) is 0.125. The molecule has 0 radical (unpaired) electrons. The molecule has 3 rings (SSSR count). The van der Waals surface area contributed by atoms with Crippen molar-refractivity contribution >= 4 is 38.5 Å². The molecular formula is C16H14N4O3S. The molecule has 3 aromatic rings. The van der Waals surface area contributed by atoms with Gasteiger partial charge in [0, 0.05) is 32.3 Å². The number of anilines is 1. The number of hydrogen-bond donors (Lipinski definition) is 2. The minimum atomic E-state index is -0.279. The van der Waals surface area contributed by atoms with Crippen LogP contribution in [0.4, 0.5) is 5.13 Å². The zero-order chi connectivity index (χ0) is 17.1. The van der Waals surface area contributed by atoms with Crippen molar-refractivity contribution in [2.24, 2.45) is 0 Å². The smallest absolute Gasteiger partial charge is 0.269 e. The van der Waals surface area contributed by atoms with Crippen LogP contribution in [0, 0.1) is 0 Å². The van der Waals surface area contributed by atoms with E-state index in [1.807, 2.05) is 12.1 Å². The molecule has 8 heteroatoms. The normalized spacial score (nSPS) is 10.4. The number of nitrogens with one attached hydrogen (secondary N) is 2. The molecule has 0 saturated carbocycles. The van der Waals surface area contributed by atoms with Gasteiger partial charge in [0.05, 0.1) is 10.2 Å². The number of hydrogen-bond acceptors (Lipinski definition) is 6. The Morgan fingerprint density at radius 3 is 2.71 bits per heavy atom. The maximum atomic E-state index is 11.6. The molecule has 0 aliphatic carbocycles. The molecule has 0 fully saturated rings. The van der Waals surface area contributed by atoms with Crippen LogP contribution in [-0.2, 0) is 4.79 Å². The van der Waals surface area contributed by atoms with Crippen LogP contribution in [0.1, 0.15) is 17.4 Å². The Morgan fingerprint density at radius 1 is 1.17 bits per heavy atom. The fourth-order valence-corrected chi connectivity index (χ4v) is 2.98. The van der Waals surface area contributed by atoms with Crippen molar-refractivity contribution in [1.29, 1.82) is 0 Å². The lowest BCUT2D eigenvalue weighted by molar-refractivity contribution is -0.114. The lowest BCUT2D eigenvalue weighted by Crippen LogP contribution is -2.18. The van der Waals surface area contributed by atoms with Gasteiger partial charge in [-0.25, -0.2) is 4.98 Å². The topological polar surface area (TPSA) is 93.2 Å². The van der Waals surface area contributed by atoms with Gasteiger partial charge in [-0.15, -0.1) is 0 Å². The van der Waals surface area contributed by atoms with Gasteiger partial charge >= 0.3 is 0 Å². The minimum absolute atomic E-state index is 0.163. The molecule has 0 spiro atoms. The van der Waals surface area contributed by atoms with Crippen LogP contribution in [-0.4, -0.2) is 28.8 Å². The average molecular weight is 342 g/mol. The second kappa shape index (κ2) is 6.63. The molecule has 2 N–H and O–H groups in total. The van der Waals surface area contributed by atoms with Crippen molar-refractivity contribution < 1.29 is 14.3 Å². The zero-order valence-corrected chi connectivity index (χ0v) is 13.8. The van der Waals surface area contributed by atoms with Gasteiger partial charge in [-0.3, -0.25) is 14.6 Å². The number of benzene rings is 1. The molecular weight excluding hydrogens is 328 g/mol. The van der Waals surface area contributed by atoms with E-state index in [1.54, 1.807) is 25.2 Å². The first-order valence-electron chi connectivity index (χ1n) is 7.09. The van der Waals surface area contributed by atoms with Crippen molar-refractivity contribution in [2.45, 2.75) is 6.92 Å². The van der Waals surface area contributed by atoms with Crippen LogP contribution in [0.15, 0.2) is 36.5 Å². The van der Waals surface area contributed by atoms with Crippen molar-refractivity contribution in [3.8, 4) is 11.5 Å². The lowest BCUT2D eigenvalue weighted by Gasteiger charge is -2.06. The average Bonchev–Trinajstić information content (AvgIpc) is 2.95. The summed E-state index contributed by atoms with van der Waals surface area (Å²) in [4.78, 5) is 31.0. The standard InChI is InChI=1S/C16H14N4O3S/c1-9(21)19-16-20-12-4-3-10(8-14(12)24-16)23-11-5-6-18-13(7-11)15(22)17-2/h3-8H,1-2H3,(H,17,22)(H,19,20,21). The monoisotopic (exact) mass is 342 g/mol. The molecule has 0 saturated heterocycles. The first kappa shape index (κ1) is 15.9. The van der Waals surface area contributed by atoms with Gasteiger partial charge < -0.3 is 15.4 Å². The summed E-state index contributed by atoms with van der Waals surface area (Å²) >= 11 is 1.36. The first-order valence-corrected chi connectivity index (χ1v) is 7.91. The van der Waals surface area contributed by atoms with Gasteiger partial charge in [-0.1, -0.05) is 11.3 Å². The van der Waals surface area contributed by atoms with E-state index in [2.05, 4.69) is 20.6 Å². The van der Waals surface area contributed by atoms with E-state index in [4.69, 9.17) is 4.74 Å². The van der Waals surface area contributed by atoms with Crippen molar-refractivity contribution in [2.75, 3.05) is 12.4 Å². The summed E-state index contributed by atoms with van der Waals surface area (Å²) in [5.74, 6) is 0.673. The van der Waals surface area contributed by atoms with Crippen LogP contribution in [0.25, 0.3) is 10.2 Å². The maximum Gasteiger partial charge on any atom is 0.269 e. The Hall–Kier alpha value is -3.00. The summed E-state index contributed by atoms with van der Waals surface area (Å²) in [7, 11) is 1.54. The molecule has 2 heterocycles. The van der Waals surface area contributed by atoms with Crippen LogP contribution >= 0.6 is 11.3 Å². The number of ether oxygens (including phenoxy) is 1. The summed E-state index contributed by atoms with van der Waals surface area (Å²) in [6, 6.07) is 8.66. The van der Waals surface area contributed by atoms with E-state index >= 15 is 0 Å². The molecule has 0 aliphatic rings. The molecule has 0 atom stereocenters. The van der Waals surface area contributed by atoms with E-state index in [0.717, 1.165) is 10.2 Å². The predicted octanol–water partition coefficient (Wildman–Crippen LogP) is 2.80. The summed E-state index contributed by atoms with van der Waals surface area (Å²) in [6.45, 7) is 1.44. The van der Waals surface area contributed by atoms with Gasteiger partial charge in [-0.05, 0) is 18.2 Å².